The van der Waals surface area contributed by atoms with E-state index in [0.717, 1.165) is 19.6 Å². The minimum atomic E-state index is 0.162. The first kappa shape index (κ1) is 15.6. The summed E-state index contributed by atoms with van der Waals surface area (Å²) >= 11 is 1.82. The third kappa shape index (κ3) is 5.06. The Hall–Kier alpha value is -0.420. The molecule has 1 heterocycles. The molecular formula is C13H28N4S. The van der Waals surface area contributed by atoms with Crippen LogP contribution in [0, 0.1) is 0 Å². The van der Waals surface area contributed by atoms with Crippen LogP contribution in [0.25, 0.3) is 0 Å². The van der Waals surface area contributed by atoms with Gasteiger partial charge in [0.15, 0.2) is 5.96 Å². The zero-order valence-electron chi connectivity index (χ0n) is 12.2. The van der Waals surface area contributed by atoms with Gasteiger partial charge >= 0.3 is 0 Å². The van der Waals surface area contributed by atoms with Crippen LogP contribution in [0.3, 0.4) is 0 Å². The molecule has 1 rings (SSSR count). The lowest BCUT2D eigenvalue weighted by Gasteiger charge is -2.23. The average molecular weight is 272 g/mol. The molecule has 106 valence electrons. The summed E-state index contributed by atoms with van der Waals surface area (Å²) in [6.07, 6.45) is 4.68. The van der Waals surface area contributed by atoms with Gasteiger partial charge < -0.3 is 11.1 Å². The summed E-state index contributed by atoms with van der Waals surface area (Å²) in [7, 11) is 0. The summed E-state index contributed by atoms with van der Waals surface area (Å²) in [6, 6.07) is 0.623. The summed E-state index contributed by atoms with van der Waals surface area (Å²) < 4.78 is 0.162. The van der Waals surface area contributed by atoms with Crippen molar-refractivity contribution in [2.75, 3.05) is 32.4 Å². The molecule has 5 heteroatoms. The molecule has 0 radical (unpaired) electrons. The Morgan fingerprint density at radius 3 is 2.89 bits per heavy atom. The van der Waals surface area contributed by atoms with Gasteiger partial charge in [-0.3, -0.25) is 9.89 Å². The first-order valence-corrected chi connectivity index (χ1v) is 8.04. The van der Waals surface area contributed by atoms with Crippen LogP contribution >= 0.6 is 11.8 Å². The molecule has 1 atom stereocenters. The maximum atomic E-state index is 5.91. The molecule has 0 aromatic rings. The molecule has 0 aromatic heterocycles. The van der Waals surface area contributed by atoms with Crippen molar-refractivity contribution in [3.63, 3.8) is 0 Å². The maximum Gasteiger partial charge on any atom is 0.188 e. The Balaban J connectivity index is 2.32. The van der Waals surface area contributed by atoms with E-state index in [-0.39, 0.29) is 4.75 Å². The largest absolute Gasteiger partial charge is 0.370 e. The second-order valence-corrected chi connectivity index (χ2v) is 6.98. The fourth-order valence-electron chi connectivity index (χ4n) is 2.16. The van der Waals surface area contributed by atoms with Crippen molar-refractivity contribution in [1.82, 2.24) is 10.2 Å². The second-order valence-electron chi connectivity index (χ2n) is 5.47. The van der Waals surface area contributed by atoms with Crippen molar-refractivity contribution in [3.8, 4) is 0 Å². The zero-order chi connectivity index (χ0) is 13.6. The average Bonchev–Trinajstić information content (AvgIpc) is 2.81. The van der Waals surface area contributed by atoms with Crippen molar-refractivity contribution in [3.05, 3.63) is 0 Å². The topological polar surface area (TPSA) is 53.6 Å². The Morgan fingerprint density at radius 1 is 1.56 bits per heavy atom. The van der Waals surface area contributed by atoms with Crippen molar-refractivity contribution in [2.45, 2.75) is 44.4 Å². The SMILES string of the molecule is CCN1CCCC1CNC(N)=NCC(C)(C)SC. The van der Waals surface area contributed by atoms with Crippen LogP contribution in [-0.4, -0.2) is 54.1 Å². The van der Waals surface area contributed by atoms with Gasteiger partial charge in [-0.25, -0.2) is 0 Å². The van der Waals surface area contributed by atoms with E-state index in [9.17, 15) is 0 Å². The van der Waals surface area contributed by atoms with Gasteiger partial charge in [0.2, 0.25) is 0 Å². The summed E-state index contributed by atoms with van der Waals surface area (Å²) in [5, 5.41) is 3.26. The molecule has 1 aliphatic heterocycles. The molecule has 3 N–H and O–H groups in total. The Bertz CT molecular complexity index is 278. The fraction of sp³-hybridized carbons (Fsp3) is 0.923. The van der Waals surface area contributed by atoms with Gasteiger partial charge in [0.05, 0.1) is 6.54 Å². The highest BCUT2D eigenvalue weighted by Crippen LogP contribution is 2.21. The smallest absolute Gasteiger partial charge is 0.188 e. The van der Waals surface area contributed by atoms with Gasteiger partial charge in [0.25, 0.3) is 0 Å². The van der Waals surface area contributed by atoms with Crippen molar-refractivity contribution in [1.29, 1.82) is 0 Å². The van der Waals surface area contributed by atoms with E-state index in [1.54, 1.807) is 0 Å². The van der Waals surface area contributed by atoms with Gasteiger partial charge in [-0.05, 0) is 46.0 Å². The van der Waals surface area contributed by atoms with Crippen LogP contribution in [0.5, 0.6) is 0 Å². The highest BCUT2D eigenvalue weighted by Gasteiger charge is 2.22. The first-order chi connectivity index (χ1) is 8.48. The fourth-order valence-corrected chi connectivity index (χ4v) is 2.35. The standard InChI is InChI=1S/C13H28N4S/c1-5-17-8-6-7-11(17)9-15-12(14)16-10-13(2,3)18-4/h11H,5-10H2,1-4H3,(H3,14,15,16). The number of nitrogens with one attached hydrogen (secondary N) is 1. The van der Waals surface area contributed by atoms with E-state index < -0.39 is 0 Å². The number of likely N-dealkylation sites (tertiary alicyclic amines) is 1. The molecule has 0 aliphatic carbocycles. The molecule has 0 aromatic carbocycles. The minimum absolute atomic E-state index is 0.162. The van der Waals surface area contributed by atoms with Crippen molar-refractivity contribution in [2.24, 2.45) is 10.7 Å². The molecule has 0 amide bonds. The molecule has 1 unspecified atom stereocenters. The molecule has 4 nitrogen and oxygen atoms in total. The second kappa shape index (κ2) is 7.24. The summed E-state index contributed by atoms with van der Waals surface area (Å²) in [5.74, 6) is 0.583. The number of hydrogen-bond donors (Lipinski definition) is 2. The monoisotopic (exact) mass is 272 g/mol. The number of rotatable bonds is 6. The van der Waals surface area contributed by atoms with Crippen LogP contribution < -0.4 is 11.1 Å². The van der Waals surface area contributed by atoms with E-state index in [0.29, 0.717) is 12.0 Å². The number of likely N-dealkylation sites (N-methyl/N-ethyl adjacent to an activating group) is 1. The number of nitrogens with zero attached hydrogens (tertiary/aromatic N) is 2. The van der Waals surface area contributed by atoms with E-state index in [2.05, 4.69) is 42.2 Å². The maximum absolute atomic E-state index is 5.91. The van der Waals surface area contributed by atoms with E-state index >= 15 is 0 Å². The number of aliphatic imine (C=N–C) groups is 1. The third-order valence-electron chi connectivity index (χ3n) is 3.61. The minimum Gasteiger partial charge on any atom is -0.370 e. The van der Waals surface area contributed by atoms with Gasteiger partial charge in [0, 0.05) is 17.3 Å². The lowest BCUT2D eigenvalue weighted by Crippen LogP contribution is -2.43. The lowest BCUT2D eigenvalue weighted by molar-refractivity contribution is 0.267. The molecule has 1 fully saturated rings. The van der Waals surface area contributed by atoms with E-state index in [1.807, 2.05) is 11.8 Å². The van der Waals surface area contributed by atoms with Crippen molar-refractivity contribution < 1.29 is 0 Å². The predicted octanol–water partition coefficient (Wildman–Crippen LogP) is 1.52. The highest BCUT2D eigenvalue weighted by molar-refractivity contribution is 7.99. The Labute approximate surface area is 116 Å². The van der Waals surface area contributed by atoms with Crippen LogP contribution in [0.1, 0.15) is 33.6 Å². The highest BCUT2D eigenvalue weighted by atomic mass is 32.2. The predicted molar refractivity (Wildman–Crippen MR) is 82.4 cm³/mol. The number of guanidine groups is 1. The number of thioether (sulfide) groups is 1. The number of hydrogen-bond acceptors (Lipinski definition) is 3. The molecule has 0 spiro atoms. The molecule has 18 heavy (non-hydrogen) atoms. The van der Waals surface area contributed by atoms with E-state index in [4.69, 9.17) is 5.73 Å². The van der Waals surface area contributed by atoms with Gasteiger partial charge in [-0.15, -0.1) is 0 Å². The van der Waals surface area contributed by atoms with Crippen LogP contribution in [0.2, 0.25) is 0 Å². The lowest BCUT2D eigenvalue weighted by atomic mass is 10.2. The van der Waals surface area contributed by atoms with Crippen molar-refractivity contribution >= 4 is 17.7 Å². The Kier molecular flexibility index (Phi) is 6.29. The number of nitrogens with two attached hydrogens (primary N) is 1. The summed E-state index contributed by atoms with van der Waals surface area (Å²) in [4.78, 5) is 6.93. The zero-order valence-corrected chi connectivity index (χ0v) is 13.0. The molecular weight excluding hydrogens is 244 g/mol. The quantitative estimate of drug-likeness (QED) is 0.568. The summed E-state index contributed by atoms with van der Waals surface area (Å²) in [5.41, 5.74) is 5.91. The normalized spacial score (nSPS) is 22.4. The molecule has 1 aliphatic rings. The van der Waals surface area contributed by atoms with Crippen LogP contribution in [-0.2, 0) is 0 Å². The summed E-state index contributed by atoms with van der Waals surface area (Å²) in [6.45, 7) is 10.6. The Morgan fingerprint density at radius 2 is 2.28 bits per heavy atom. The molecule has 0 saturated carbocycles. The van der Waals surface area contributed by atoms with Gasteiger partial charge in [-0.1, -0.05) is 6.92 Å². The third-order valence-corrected chi connectivity index (χ3v) is 4.84. The first-order valence-electron chi connectivity index (χ1n) is 6.81. The molecule has 0 bridgehead atoms. The van der Waals surface area contributed by atoms with Gasteiger partial charge in [0.1, 0.15) is 0 Å². The van der Waals surface area contributed by atoms with Crippen LogP contribution in [0.15, 0.2) is 4.99 Å². The van der Waals surface area contributed by atoms with E-state index in [1.165, 1.54) is 19.4 Å². The molecule has 1 saturated heterocycles. The van der Waals surface area contributed by atoms with Crippen LogP contribution in [0.4, 0.5) is 0 Å². The van der Waals surface area contributed by atoms with Gasteiger partial charge in [-0.2, -0.15) is 11.8 Å².